The molecule has 0 N–H and O–H groups in total. The first kappa shape index (κ1) is 20.3. The Bertz CT molecular complexity index is 468. The Labute approximate surface area is 149 Å². The smallest absolute Gasteiger partial charge is 0.258 e. The van der Waals surface area contributed by atoms with Gasteiger partial charge in [0.2, 0.25) is 0 Å². The van der Waals surface area contributed by atoms with Crippen LogP contribution in [0.5, 0.6) is 0 Å². The quantitative estimate of drug-likeness (QED) is 0.161. The standard InChI is InChI=1S/C18H28ClNO2S/c1-2-3-4-5-6-7-8-9-10-11-14-23-18-15-16(19)12-13-17(18)20(21)22/h12-13,15H,2-11,14H2,1H3. The van der Waals surface area contributed by atoms with Gasteiger partial charge in [-0.25, -0.2) is 0 Å². The normalized spacial score (nSPS) is 10.9. The van der Waals surface area contributed by atoms with Crippen molar-refractivity contribution in [3.05, 3.63) is 33.3 Å². The molecule has 0 aliphatic rings. The molecule has 1 aromatic rings. The molecule has 0 amide bonds. The molecule has 0 fully saturated rings. The van der Waals surface area contributed by atoms with Crippen LogP contribution in [0.2, 0.25) is 5.02 Å². The summed E-state index contributed by atoms with van der Waals surface area (Å²) in [4.78, 5) is 11.3. The number of unbranched alkanes of at least 4 members (excludes halogenated alkanes) is 9. The summed E-state index contributed by atoms with van der Waals surface area (Å²) in [5.41, 5.74) is 0.159. The summed E-state index contributed by atoms with van der Waals surface area (Å²) in [6.45, 7) is 2.25. The molecule has 0 bridgehead atoms. The Morgan fingerprint density at radius 2 is 1.57 bits per heavy atom. The fourth-order valence-corrected chi connectivity index (χ4v) is 3.83. The maximum Gasteiger partial charge on any atom is 0.282 e. The van der Waals surface area contributed by atoms with Gasteiger partial charge in [-0.2, -0.15) is 0 Å². The van der Waals surface area contributed by atoms with Gasteiger partial charge in [-0.05, 0) is 24.3 Å². The third-order valence-electron chi connectivity index (χ3n) is 3.87. The van der Waals surface area contributed by atoms with E-state index in [4.69, 9.17) is 11.6 Å². The van der Waals surface area contributed by atoms with E-state index in [0.29, 0.717) is 9.92 Å². The van der Waals surface area contributed by atoms with Gasteiger partial charge in [0.05, 0.1) is 9.82 Å². The minimum atomic E-state index is -0.336. The molecule has 1 rings (SSSR count). The summed E-state index contributed by atoms with van der Waals surface area (Å²) in [5, 5.41) is 11.5. The van der Waals surface area contributed by atoms with Gasteiger partial charge < -0.3 is 0 Å². The maximum atomic E-state index is 11.0. The van der Waals surface area contributed by atoms with Crippen LogP contribution < -0.4 is 0 Å². The summed E-state index contributed by atoms with van der Waals surface area (Å²) in [7, 11) is 0. The molecule has 3 nitrogen and oxygen atoms in total. The van der Waals surface area contributed by atoms with Gasteiger partial charge in [0, 0.05) is 11.1 Å². The highest BCUT2D eigenvalue weighted by Crippen LogP contribution is 2.32. The minimum Gasteiger partial charge on any atom is -0.258 e. The van der Waals surface area contributed by atoms with Crippen molar-refractivity contribution in [1.29, 1.82) is 0 Å². The zero-order valence-corrected chi connectivity index (χ0v) is 15.6. The number of benzene rings is 1. The van der Waals surface area contributed by atoms with Crippen molar-refractivity contribution >= 4 is 29.1 Å². The van der Waals surface area contributed by atoms with Gasteiger partial charge in [0.25, 0.3) is 5.69 Å². The molecule has 23 heavy (non-hydrogen) atoms. The highest BCUT2D eigenvalue weighted by Gasteiger charge is 2.13. The molecule has 1 aromatic carbocycles. The van der Waals surface area contributed by atoms with Crippen LogP contribution in [-0.4, -0.2) is 10.7 Å². The van der Waals surface area contributed by atoms with E-state index in [-0.39, 0.29) is 10.6 Å². The molecule has 0 unspecified atom stereocenters. The van der Waals surface area contributed by atoms with Crippen LogP contribution in [0.1, 0.15) is 71.1 Å². The van der Waals surface area contributed by atoms with Gasteiger partial charge in [0.15, 0.2) is 0 Å². The maximum absolute atomic E-state index is 11.0. The van der Waals surface area contributed by atoms with Crippen LogP contribution in [0.15, 0.2) is 23.1 Å². The van der Waals surface area contributed by atoms with E-state index in [1.54, 1.807) is 23.9 Å². The Kier molecular flexibility index (Phi) is 11.2. The van der Waals surface area contributed by atoms with E-state index >= 15 is 0 Å². The highest BCUT2D eigenvalue weighted by atomic mass is 35.5. The van der Waals surface area contributed by atoms with Crippen LogP contribution in [0.3, 0.4) is 0 Å². The zero-order chi connectivity index (χ0) is 16.9. The van der Waals surface area contributed by atoms with Crippen molar-refractivity contribution in [3.63, 3.8) is 0 Å². The molecular weight excluding hydrogens is 330 g/mol. The summed E-state index contributed by atoms with van der Waals surface area (Å²) >= 11 is 7.47. The average molecular weight is 358 g/mol. The summed E-state index contributed by atoms with van der Waals surface area (Å²) in [5.74, 6) is 0.914. The SMILES string of the molecule is CCCCCCCCCCCCSc1cc(Cl)ccc1[N+](=O)[O-]. The van der Waals surface area contributed by atoms with Crippen molar-refractivity contribution in [1.82, 2.24) is 0 Å². The van der Waals surface area contributed by atoms with Gasteiger partial charge in [-0.15, -0.1) is 11.8 Å². The Hall–Kier alpha value is -0.740. The van der Waals surface area contributed by atoms with Crippen LogP contribution in [0, 0.1) is 10.1 Å². The topological polar surface area (TPSA) is 43.1 Å². The molecule has 0 aliphatic carbocycles. The second-order valence-electron chi connectivity index (χ2n) is 5.90. The summed E-state index contributed by atoms with van der Waals surface area (Å²) in [6, 6.07) is 4.76. The van der Waals surface area contributed by atoms with Crippen molar-refractivity contribution in [3.8, 4) is 0 Å². The van der Waals surface area contributed by atoms with E-state index in [9.17, 15) is 10.1 Å². The third-order valence-corrected chi connectivity index (χ3v) is 5.24. The molecule has 0 atom stereocenters. The van der Waals surface area contributed by atoms with Crippen LogP contribution >= 0.6 is 23.4 Å². The molecule has 0 saturated heterocycles. The number of rotatable bonds is 13. The predicted octanol–water partition coefficient (Wildman–Crippen LogP) is 7.26. The van der Waals surface area contributed by atoms with Gasteiger partial charge >= 0.3 is 0 Å². The van der Waals surface area contributed by atoms with Crippen LogP contribution in [-0.2, 0) is 0 Å². The number of nitrogens with zero attached hydrogens (tertiary/aromatic N) is 1. The first-order valence-corrected chi connectivity index (χ1v) is 10.1. The lowest BCUT2D eigenvalue weighted by molar-refractivity contribution is -0.387. The van der Waals surface area contributed by atoms with Gasteiger partial charge in [0.1, 0.15) is 0 Å². The predicted molar refractivity (Wildman–Crippen MR) is 101 cm³/mol. The second-order valence-corrected chi connectivity index (χ2v) is 7.47. The Balaban J connectivity index is 2.09. The van der Waals surface area contributed by atoms with Gasteiger partial charge in [-0.1, -0.05) is 76.3 Å². The molecular formula is C18H28ClNO2S. The lowest BCUT2D eigenvalue weighted by Gasteiger charge is -2.04. The lowest BCUT2D eigenvalue weighted by atomic mass is 10.1. The molecule has 0 saturated carbocycles. The summed E-state index contributed by atoms with van der Waals surface area (Å²) in [6.07, 6.45) is 13.0. The number of hydrogen-bond acceptors (Lipinski definition) is 3. The Morgan fingerprint density at radius 1 is 1.00 bits per heavy atom. The molecule has 0 radical (unpaired) electrons. The van der Waals surface area contributed by atoms with Crippen molar-refractivity contribution < 1.29 is 4.92 Å². The largest absolute Gasteiger partial charge is 0.282 e. The van der Waals surface area contributed by atoms with Crippen LogP contribution in [0.25, 0.3) is 0 Å². The number of halogens is 1. The second kappa shape index (κ2) is 12.7. The van der Waals surface area contributed by atoms with E-state index < -0.39 is 0 Å². The first-order valence-electron chi connectivity index (χ1n) is 8.72. The van der Waals surface area contributed by atoms with E-state index in [1.807, 2.05) is 0 Å². The Morgan fingerprint density at radius 3 is 2.13 bits per heavy atom. The molecule has 0 aliphatic heterocycles. The van der Waals surface area contributed by atoms with Crippen molar-refractivity contribution in [2.45, 2.75) is 76.0 Å². The number of thioether (sulfide) groups is 1. The average Bonchev–Trinajstić information content (AvgIpc) is 2.52. The highest BCUT2D eigenvalue weighted by molar-refractivity contribution is 7.99. The molecule has 0 aromatic heterocycles. The van der Waals surface area contributed by atoms with Gasteiger partial charge in [-0.3, -0.25) is 10.1 Å². The number of hydrogen-bond donors (Lipinski definition) is 0. The fourth-order valence-electron chi connectivity index (χ4n) is 2.53. The van der Waals surface area contributed by atoms with E-state index in [0.717, 1.165) is 12.2 Å². The fraction of sp³-hybridized carbons (Fsp3) is 0.667. The van der Waals surface area contributed by atoms with Crippen LogP contribution in [0.4, 0.5) is 5.69 Å². The zero-order valence-electron chi connectivity index (χ0n) is 14.1. The number of nitro benzene ring substituents is 1. The number of nitro groups is 1. The molecule has 5 heteroatoms. The first-order chi connectivity index (χ1) is 11.1. The minimum absolute atomic E-state index is 0.159. The molecule has 0 heterocycles. The van der Waals surface area contributed by atoms with Crippen molar-refractivity contribution in [2.75, 3.05) is 5.75 Å². The van der Waals surface area contributed by atoms with E-state index in [1.165, 1.54) is 63.9 Å². The molecule has 130 valence electrons. The summed E-state index contributed by atoms with van der Waals surface area (Å²) < 4.78 is 0. The van der Waals surface area contributed by atoms with E-state index in [2.05, 4.69) is 6.92 Å². The third kappa shape index (κ3) is 9.21. The lowest BCUT2D eigenvalue weighted by Crippen LogP contribution is -1.91. The molecule has 0 spiro atoms. The van der Waals surface area contributed by atoms with Crippen molar-refractivity contribution in [2.24, 2.45) is 0 Å². The monoisotopic (exact) mass is 357 g/mol.